The predicted octanol–water partition coefficient (Wildman–Crippen LogP) is 1.81. The third kappa shape index (κ3) is 2.88. The van der Waals surface area contributed by atoms with E-state index in [4.69, 9.17) is 0 Å². The van der Waals surface area contributed by atoms with Crippen molar-refractivity contribution in [1.82, 2.24) is 5.32 Å². The molecule has 0 saturated carbocycles. The van der Waals surface area contributed by atoms with Gasteiger partial charge >= 0.3 is 12.0 Å². The first kappa shape index (κ1) is 12.2. The number of anilines is 1. The fourth-order valence-electron chi connectivity index (χ4n) is 1.70. The van der Waals surface area contributed by atoms with Crippen LogP contribution in [0.3, 0.4) is 0 Å². The van der Waals surface area contributed by atoms with Crippen molar-refractivity contribution in [3.05, 3.63) is 41.6 Å². The average molecular weight is 246 g/mol. The molecule has 0 radical (unpaired) electrons. The number of hydrogen-bond acceptors (Lipinski definition) is 3. The van der Waals surface area contributed by atoms with Gasteiger partial charge in [0, 0.05) is 11.8 Å². The summed E-state index contributed by atoms with van der Waals surface area (Å²) in [5, 5.41) is 5.32. The minimum Gasteiger partial charge on any atom is -0.456 e. The monoisotopic (exact) mass is 246 g/mol. The summed E-state index contributed by atoms with van der Waals surface area (Å²) in [6, 6.07) is 7.20. The molecule has 0 aliphatic carbocycles. The van der Waals surface area contributed by atoms with Gasteiger partial charge in [0.25, 0.3) is 0 Å². The van der Waals surface area contributed by atoms with Crippen molar-refractivity contribution >= 4 is 17.7 Å². The van der Waals surface area contributed by atoms with Gasteiger partial charge < -0.3 is 15.4 Å². The van der Waals surface area contributed by atoms with E-state index in [1.54, 1.807) is 0 Å². The molecule has 2 N–H and O–H groups in total. The van der Waals surface area contributed by atoms with Gasteiger partial charge in [0.05, 0.1) is 5.70 Å². The normalized spacial score (nSPS) is 13.8. The summed E-state index contributed by atoms with van der Waals surface area (Å²) in [6.45, 7) is 2.13. The van der Waals surface area contributed by atoms with Gasteiger partial charge in [-0.15, -0.1) is 0 Å². The average Bonchev–Trinajstić information content (AvgIpc) is 2.75. The molecule has 5 heteroatoms. The van der Waals surface area contributed by atoms with Crippen LogP contribution in [0.1, 0.15) is 12.5 Å². The number of urea groups is 1. The number of carbonyl (C=O) groups is 2. The third-order valence-corrected chi connectivity index (χ3v) is 2.58. The Balaban J connectivity index is 1.99. The number of para-hydroxylation sites is 1. The molecule has 0 unspecified atom stereocenters. The van der Waals surface area contributed by atoms with Gasteiger partial charge in [-0.2, -0.15) is 0 Å². The number of esters is 1. The molecule has 1 heterocycles. The van der Waals surface area contributed by atoms with Crippen molar-refractivity contribution in [1.29, 1.82) is 0 Å². The maximum absolute atomic E-state index is 11.7. The second-order valence-electron chi connectivity index (χ2n) is 3.87. The van der Waals surface area contributed by atoms with Crippen molar-refractivity contribution in [2.24, 2.45) is 0 Å². The van der Waals surface area contributed by atoms with Crippen LogP contribution in [0.5, 0.6) is 0 Å². The van der Waals surface area contributed by atoms with E-state index in [2.05, 4.69) is 15.4 Å². The Kier molecular flexibility index (Phi) is 3.62. The lowest BCUT2D eigenvalue weighted by atomic mass is 10.1. The van der Waals surface area contributed by atoms with E-state index in [9.17, 15) is 9.59 Å². The first-order chi connectivity index (χ1) is 8.69. The molecule has 0 saturated heterocycles. The zero-order valence-electron chi connectivity index (χ0n) is 10.0. The number of aryl methyl sites for hydroxylation is 1. The second-order valence-corrected chi connectivity index (χ2v) is 3.87. The SMILES string of the molecule is CCc1ccccc1NC(=O)NC1=CC(=O)OC1. The quantitative estimate of drug-likeness (QED) is 0.799. The van der Waals surface area contributed by atoms with Gasteiger partial charge in [0.15, 0.2) is 0 Å². The van der Waals surface area contributed by atoms with Gasteiger partial charge in [-0.1, -0.05) is 25.1 Å². The molecule has 0 bridgehead atoms. The summed E-state index contributed by atoms with van der Waals surface area (Å²) in [7, 11) is 0. The molecule has 1 aromatic carbocycles. The fourth-order valence-corrected chi connectivity index (χ4v) is 1.70. The minimum absolute atomic E-state index is 0.113. The first-order valence-corrected chi connectivity index (χ1v) is 5.72. The molecule has 0 aromatic heterocycles. The Morgan fingerprint density at radius 2 is 2.11 bits per heavy atom. The van der Waals surface area contributed by atoms with Crippen LogP contribution in [0.25, 0.3) is 0 Å². The number of nitrogens with one attached hydrogen (secondary N) is 2. The van der Waals surface area contributed by atoms with Crippen molar-refractivity contribution in [2.45, 2.75) is 13.3 Å². The van der Waals surface area contributed by atoms with E-state index in [0.717, 1.165) is 17.7 Å². The number of ether oxygens (including phenoxy) is 1. The number of hydrogen-bond donors (Lipinski definition) is 2. The molecule has 0 atom stereocenters. The van der Waals surface area contributed by atoms with Crippen LogP contribution >= 0.6 is 0 Å². The third-order valence-electron chi connectivity index (χ3n) is 2.58. The standard InChI is InChI=1S/C13H14N2O3/c1-2-9-5-3-4-6-11(9)15-13(17)14-10-7-12(16)18-8-10/h3-7H,2,8H2,1H3,(H2,14,15,17). The Bertz CT molecular complexity index is 509. The second kappa shape index (κ2) is 5.35. The summed E-state index contributed by atoms with van der Waals surface area (Å²) in [6.07, 6.45) is 2.10. The molecule has 94 valence electrons. The summed E-state index contributed by atoms with van der Waals surface area (Å²) in [5.41, 5.74) is 2.29. The van der Waals surface area contributed by atoms with Gasteiger partial charge in [-0.05, 0) is 18.1 Å². The van der Waals surface area contributed by atoms with Crippen molar-refractivity contribution in [3.63, 3.8) is 0 Å². The molecule has 1 aliphatic heterocycles. The molecule has 0 fully saturated rings. The number of benzene rings is 1. The highest BCUT2D eigenvalue weighted by atomic mass is 16.5. The van der Waals surface area contributed by atoms with E-state index < -0.39 is 5.97 Å². The molecule has 18 heavy (non-hydrogen) atoms. The minimum atomic E-state index is -0.431. The zero-order chi connectivity index (χ0) is 13.0. The lowest BCUT2D eigenvalue weighted by molar-refractivity contribution is -0.134. The van der Waals surface area contributed by atoms with E-state index >= 15 is 0 Å². The highest BCUT2D eigenvalue weighted by molar-refractivity contribution is 5.93. The molecule has 5 nitrogen and oxygen atoms in total. The van der Waals surface area contributed by atoms with Crippen LogP contribution in [0.4, 0.5) is 10.5 Å². The van der Waals surface area contributed by atoms with Crippen LogP contribution in [-0.2, 0) is 16.0 Å². The molecular weight excluding hydrogens is 232 g/mol. The smallest absolute Gasteiger partial charge is 0.333 e. The maximum atomic E-state index is 11.7. The van der Waals surface area contributed by atoms with E-state index in [0.29, 0.717) is 5.70 Å². The van der Waals surface area contributed by atoms with Crippen molar-refractivity contribution in [2.75, 3.05) is 11.9 Å². The van der Waals surface area contributed by atoms with Crippen LogP contribution in [0.2, 0.25) is 0 Å². The molecule has 2 rings (SSSR count). The number of rotatable bonds is 3. The molecule has 1 aromatic rings. The van der Waals surface area contributed by atoms with Gasteiger partial charge in [0.1, 0.15) is 6.61 Å². The number of cyclic esters (lactones) is 1. The maximum Gasteiger partial charge on any atom is 0.333 e. The Labute approximate surface area is 105 Å². The summed E-state index contributed by atoms with van der Waals surface area (Å²) in [5.74, 6) is -0.431. The van der Waals surface area contributed by atoms with Gasteiger partial charge in [-0.3, -0.25) is 0 Å². The highest BCUT2D eigenvalue weighted by Crippen LogP contribution is 2.15. The number of amides is 2. The fraction of sp³-hybridized carbons (Fsp3) is 0.231. The highest BCUT2D eigenvalue weighted by Gasteiger charge is 2.15. The van der Waals surface area contributed by atoms with Crippen LogP contribution in [-0.4, -0.2) is 18.6 Å². The van der Waals surface area contributed by atoms with Gasteiger partial charge in [0.2, 0.25) is 0 Å². The van der Waals surface area contributed by atoms with E-state index in [1.165, 1.54) is 6.08 Å². The predicted molar refractivity (Wildman–Crippen MR) is 67.0 cm³/mol. The summed E-state index contributed by atoms with van der Waals surface area (Å²) in [4.78, 5) is 22.5. The van der Waals surface area contributed by atoms with Crippen molar-refractivity contribution in [3.8, 4) is 0 Å². The van der Waals surface area contributed by atoms with Crippen LogP contribution in [0, 0.1) is 0 Å². The Morgan fingerprint density at radius 3 is 2.78 bits per heavy atom. The molecule has 1 aliphatic rings. The summed E-state index contributed by atoms with van der Waals surface area (Å²) >= 11 is 0. The lowest BCUT2D eigenvalue weighted by Gasteiger charge is -2.10. The summed E-state index contributed by atoms with van der Waals surface area (Å²) < 4.78 is 4.69. The zero-order valence-corrected chi connectivity index (χ0v) is 10.0. The molecular formula is C13H14N2O3. The Hall–Kier alpha value is -2.30. The van der Waals surface area contributed by atoms with E-state index in [-0.39, 0.29) is 12.6 Å². The first-order valence-electron chi connectivity index (χ1n) is 5.72. The topological polar surface area (TPSA) is 67.4 Å². The lowest BCUT2D eigenvalue weighted by Crippen LogP contribution is -2.29. The van der Waals surface area contributed by atoms with E-state index in [1.807, 2.05) is 31.2 Å². The Morgan fingerprint density at radius 1 is 1.33 bits per heavy atom. The number of carbonyl (C=O) groups excluding carboxylic acids is 2. The largest absolute Gasteiger partial charge is 0.456 e. The van der Waals surface area contributed by atoms with Crippen LogP contribution in [0.15, 0.2) is 36.0 Å². The molecule has 0 spiro atoms. The van der Waals surface area contributed by atoms with Gasteiger partial charge in [-0.25, -0.2) is 9.59 Å². The van der Waals surface area contributed by atoms with Crippen molar-refractivity contribution < 1.29 is 14.3 Å². The van der Waals surface area contributed by atoms with Crippen LogP contribution < -0.4 is 10.6 Å². The molecule has 2 amide bonds.